The van der Waals surface area contributed by atoms with Crippen LogP contribution in [0.1, 0.15) is 17.7 Å². The molecule has 3 rings (SSSR count). The van der Waals surface area contributed by atoms with Crippen LogP contribution in [0.2, 0.25) is 0 Å². The van der Waals surface area contributed by atoms with Crippen LogP contribution in [0, 0.1) is 5.92 Å². The standard InChI is InChI=1S/C19H20F2N2O4/c20-19(21)27-15-5-3-13(4-6-15)7-8-22-18(25)14-10-17(24)23(11-14)12-16-2-1-9-26-16/h1-6,9,14,19H,7-8,10-12H2,(H,22,25). The van der Waals surface area contributed by atoms with Crippen LogP contribution in [0.3, 0.4) is 0 Å². The van der Waals surface area contributed by atoms with Gasteiger partial charge in [-0.1, -0.05) is 12.1 Å². The molecule has 1 saturated heterocycles. The van der Waals surface area contributed by atoms with E-state index in [1.54, 1.807) is 35.4 Å². The Balaban J connectivity index is 1.42. The highest BCUT2D eigenvalue weighted by atomic mass is 19.3. The maximum Gasteiger partial charge on any atom is 0.387 e. The van der Waals surface area contributed by atoms with Gasteiger partial charge in [-0.3, -0.25) is 9.59 Å². The van der Waals surface area contributed by atoms with Gasteiger partial charge in [-0.25, -0.2) is 0 Å². The highest BCUT2D eigenvalue weighted by molar-refractivity contribution is 5.89. The second-order valence-electron chi connectivity index (χ2n) is 6.32. The number of rotatable bonds is 8. The summed E-state index contributed by atoms with van der Waals surface area (Å²) in [6.45, 7) is -1.72. The second-order valence-corrected chi connectivity index (χ2v) is 6.32. The molecule has 1 aromatic carbocycles. The zero-order valence-corrected chi connectivity index (χ0v) is 14.6. The van der Waals surface area contributed by atoms with E-state index in [0.717, 1.165) is 5.56 Å². The van der Waals surface area contributed by atoms with Gasteiger partial charge in [-0.2, -0.15) is 8.78 Å². The van der Waals surface area contributed by atoms with Gasteiger partial charge in [0.15, 0.2) is 0 Å². The topological polar surface area (TPSA) is 71.8 Å². The average molecular weight is 378 g/mol. The maximum absolute atomic E-state index is 12.3. The normalized spacial score (nSPS) is 16.8. The Kier molecular flexibility index (Phi) is 6.05. The van der Waals surface area contributed by atoms with Gasteiger partial charge in [0.2, 0.25) is 11.8 Å². The van der Waals surface area contributed by atoms with E-state index in [1.807, 2.05) is 0 Å². The minimum Gasteiger partial charge on any atom is -0.467 e. The molecule has 6 nitrogen and oxygen atoms in total. The number of ether oxygens (including phenoxy) is 1. The summed E-state index contributed by atoms with van der Waals surface area (Å²) in [5, 5.41) is 2.83. The van der Waals surface area contributed by atoms with Crippen LogP contribution in [0.25, 0.3) is 0 Å². The minimum atomic E-state index is -2.85. The van der Waals surface area contributed by atoms with E-state index >= 15 is 0 Å². The molecule has 2 aromatic rings. The van der Waals surface area contributed by atoms with E-state index in [9.17, 15) is 18.4 Å². The van der Waals surface area contributed by atoms with Gasteiger partial charge < -0.3 is 19.4 Å². The molecule has 0 spiro atoms. The third-order valence-corrected chi connectivity index (χ3v) is 4.37. The Bertz CT molecular complexity index is 763. The van der Waals surface area contributed by atoms with Gasteiger partial charge in [0, 0.05) is 19.5 Å². The first-order chi connectivity index (χ1) is 13.0. The Morgan fingerprint density at radius 3 is 2.74 bits per heavy atom. The van der Waals surface area contributed by atoms with E-state index in [-0.39, 0.29) is 29.9 Å². The molecule has 1 aliphatic heterocycles. The summed E-state index contributed by atoms with van der Waals surface area (Å²) >= 11 is 0. The fourth-order valence-electron chi connectivity index (χ4n) is 3.00. The maximum atomic E-state index is 12.3. The Hall–Kier alpha value is -2.90. The summed E-state index contributed by atoms with van der Waals surface area (Å²) < 4.78 is 33.8. The van der Waals surface area contributed by atoms with Crippen molar-refractivity contribution in [1.29, 1.82) is 0 Å². The summed E-state index contributed by atoms with van der Waals surface area (Å²) in [4.78, 5) is 26.0. The molecule has 1 aliphatic rings. The molecule has 1 fully saturated rings. The monoisotopic (exact) mass is 378 g/mol. The van der Waals surface area contributed by atoms with Crippen LogP contribution in [-0.4, -0.2) is 36.4 Å². The Morgan fingerprint density at radius 2 is 2.07 bits per heavy atom. The van der Waals surface area contributed by atoms with Gasteiger partial charge in [-0.15, -0.1) is 0 Å². The smallest absolute Gasteiger partial charge is 0.387 e. The lowest BCUT2D eigenvalue weighted by molar-refractivity contribution is -0.129. The third-order valence-electron chi connectivity index (χ3n) is 4.37. The molecular formula is C19H20F2N2O4. The molecule has 0 bridgehead atoms. The summed E-state index contributed by atoms with van der Waals surface area (Å²) in [7, 11) is 0. The fraction of sp³-hybridized carbons (Fsp3) is 0.368. The van der Waals surface area contributed by atoms with E-state index in [2.05, 4.69) is 10.1 Å². The number of amides is 2. The number of halogens is 2. The van der Waals surface area contributed by atoms with E-state index in [1.165, 1.54) is 12.1 Å². The third kappa shape index (κ3) is 5.29. The first-order valence-electron chi connectivity index (χ1n) is 8.63. The van der Waals surface area contributed by atoms with Crippen LogP contribution in [0.15, 0.2) is 47.1 Å². The SMILES string of the molecule is O=C(NCCc1ccc(OC(F)F)cc1)C1CC(=O)N(Cc2ccco2)C1. The number of hydrogen-bond acceptors (Lipinski definition) is 4. The van der Waals surface area contributed by atoms with Gasteiger partial charge in [-0.05, 0) is 36.2 Å². The molecular weight excluding hydrogens is 358 g/mol. The number of nitrogens with one attached hydrogen (secondary N) is 1. The average Bonchev–Trinajstić information content (AvgIpc) is 3.27. The molecule has 1 atom stereocenters. The lowest BCUT2D eigenvalue weighted by Gasteiger charge is -2.15. The van der Waals surface area contributed by atoms with Crippen molar-refractivity contribution >= 4 is 11.8 Å². The van der Waals surface area contributed by atoms with E-state index in [4.69, 9.17) is 4.42 Å². The zero-order valence-electron chi connectivity index (χ0n) is 14.6. The molecule has 2 amide bonds. The van der Waals surface area contributed by atoms with Crippen molar-refractivity contribution in [2.75, 3.05) is 13.1 Å². The van der Waals surface area contributed by atoms with Crippen molar-refractivity contribution in [2.24, 2.45) is 5.92 Å². The Morgan fingerprint density at radius 1 is 1.30 bits per heavy atom. The predicted octanol–water partition coefficient (Wildman–Crippen LogP) is 2.59. The number of carbonyl (C=O) groups is 2. The van der Waals surface area contributed by atoms with Crippen LogP contribution in [0.4, 0.5) is 8.78 Å². The van der Waals surface area contributed by atoms with Gasteiger partial charge in [0.25, 0.3) is 0 Å². The van der Waals surface area contributed by atoms with Gasteiger partial charge in [0.1, 0.15) is 11.5 Å². The van der Waals surface area contributed by atoms with Crippen LogP contribution < -0.4 is 10.1 Å². The lowest BCUT2D eigenvalue weighted by atomic mass is 10.1. The summed E-state index contributed by atoms with van der Waals surface area (Å²) in [5.41, 5.74) is 0.888. The molecule has 0 saturated carbocycles. The number of hydrogen-bond donors (Lipinski definition) is 1. The van der Waals surface area contributed by atoms with Gasteiger partial charge >= 0.3 is 6.61 Å². The zero-order chi connectivity index (χ0) is 19.2. The number of nitrogens with zero attached hydrogens (tertiary/aromatic N) is 1. The second kappa shape index (κ2) is 8.66. The first kappa shape index (κ1) is 18.9. The molecule has 144 valence electrons. The van der Waals surface area contributed by atoms with Crippen LogP contribution >= 0.6 is 0 Å². The number of benzene rings is 1. The molecule has 0 radical (unpaired) electrons. The van der Waals surface area contributed by atoms with Crippen LogP contribution in [0.5, 0.6) is 5.75 Å². The first-order valence-corrected chi connectivity index (χ1v) is 8.63. The van der Waals surface area contributed by atoms with Crippen molar-refractivity contribution in [3.63, 3.8) is 0 Å². The number of alkyl halides is 2. The molecule has 8 heteroatoms. The number of furan rings is 1. The summed E-state index contributed by atoms with van der Waals surface area (Å²) in [6.07, 6.45) is 2.29. The number of likely N-dealkylation sites (tertiary alicyclic amines) is 1. The quantitative estimate of drug-likeness (QED) is 0.767. The van der Waals surface area contributed by atoms with Gasteiger partial charge in [0.05, 0.1) is 18.7 Å². The highest BCUT2D eigenvalue weighted by Gasteiger charge is 2.34. The molecule has 0 aliphatic carbocycles. The molecule has 1 unspecified atom stereocenters. The predicted molar refractivity (Wildman–Crippen MR) is 92.0 cm³/mol. The van der Waals surface area contributed by atoms with E-state index in [0.29, 0.717) is 31.8 Å². The van der Waals surface area contributed by atoms with Crippen molar-refractivity contribution in [2.45, 2.75) is 26.0 Å². The number of carbonyl (C=O) groups excluding carboxylic acids is 2. The summed E-state index contributed by atoms with van der Waals surface area (Å²) in [6, 6.07) is 9.82. The molecule has 1 aromatic heterocycles. The van der Waals surface area contributed by atoms with Crippen molar-refractivity contribution < 1.29 is 27.5 Å². The lowest BCUT2D eigenvalue weighted by Crippen LogP contribution is -2.34. The van der Waals surface area contributed by atoms with Crippen molar-refractivity contribution in [3.05, 3.63) is 54.0 Å². The Labute approximate surface area is 155 Å². The minimum absolute atomic E-state index is 0.0684. The molecule has 1 N–H and O–H groups in total. The summed E-state index contributed by atoms with van der Waals surface area (Å²) in [5.74, 6) is 0.168. The highest BCUT2D eigenvalue weighted by Crippen LogP contribution is 2.20. The largest absolute Gasteiger partial charge is 0.467 e. The van der Waals surface area contributed by atoms with Crippen LogP contribution in [-0.2, 0) is 22.6 Å². The van der Waals surface area contributed by atoms with E-state index < -0.39 is 6.61 Å². The fourth-order valence-corrected chi connectivity index (χ4v) is 3.00. The van der Waals surface area contributed by atoms with Crippen molar-refractivity contribution in [1.82, 2.24) is 10.2 Å². The molecule has 2 heterocycles. The molecule has 27 heavy (non-hydrogen) atoms. The van der Waals surface area contributed by atoms with Crippen molar-refractivity contribution in [3.8, 4) is 5.75 Å².